The van der Waals surface area contributed by atoms with Gasteiger partial charge < -0.3 is 9.84 Å². The Bertz CT molecular complexity index is 492. The molecule has 1 aromatic carbocycles. The lowest BCUT2D eigenvalue weighted by Crippen LogP contribution is -2.25. The highest BCUT2D eigenvalue weighted by molar-refractivity contribution is 6.00. The minimum absolute atomic E-state index is 0.0593. The van der Waals surface area contributed by atoms with Gasteiger partial charge in [-0.2, -0.15) is 0 Å². The van der Waals surface area contributed by atoms with Crippen molar-refractivity contribution >= 4 is 11.8 Å². The molecule has 108 valence electrons. The van der Waals surface area contributed by atoms with Crippen LogP contribution in [0.25, 0.3) is 0 Å². The van der Waals surface area contributed by atoms with Crippen LogP contribution < -0.4 is 4.74 Å². The van der Waals surface area contributed by atoms with Crippen molar-refractivity contribution in [2.24, 2.45) is 17.8 Å². The van der Waals surface area contributed by atoms with E-state index in [9.17, 15) is 14.7 Å². The number of carbonyl (C=O) groups excluding carboxylic acids is 1. The molecule has 0 spiro atoms. The van der Waals surface area contributed by atoms with E-state index in [-0.39, 0.29) is 5.78 Å². The molecular formula is C16H20O4. The summed E-state index contributed by atoms with van der Waals surface area (Å²) < 4.78 is 5.06. The molecule has 3 atom stereocenters. The number of carboxylic acid groups (broad SMARTS) is 1. The summed E-state index contributed by atoms with van der Waals surface area (Å²) in [5, 5.41) is 9.30. The predicted molar refractivity (Wildman–Crippen MR) is 75.0 cm³/mol. The van der Waals surface area contributed by atoms with Crippen molar-refractivity contribution in [1.29, 1.82) is 0 Å². The van der Waals surface area contributed by atoms with E-state index >= 15 is 0 Å². The fraction of sp³-hybridized carbons (Fsp3) is 0.500. The molecule has 4 heteroatoms. The van der Waals surface area contributed by atoms with Crippen LogP contribution >= 0.6 is 0 Å². The summed E-state index contributed by atoms with van der Waals surface area (Å²) >= 11 is 0. The average molecular weight is 276 g/mol. The third-order valence-electron chi connectivity index (χ3n) is 4.27. The molecule has 20 heavy (non-hydrogen) atoms. The van der Waals surface area contributed by atoms with Crippen LogP contribution in [-0.2, 0) is 4.79 Å². The van der Waals surface area contributed by atoms with Gasteiger partial charge in [-0.25, -0.2) is 0 Å². The van der Waals surface area contributed by atoms with Crippen molar-refractivity contribution in [3.05, 3.63) is 29.8 Å². The van der Waals surface area contributed by atoms with Gasteiger partial charge in [0, 0.05) is 11.5 Å². The Morgan fingerprint density at radius 2 is 1.80 bits per heavy atom. The van der Waals surface area contributed by atoms with E-state index in [0.29, 0.717) is 30.1 Å². The Hall–Kier alpha value is -1.84. The van der Waals surface area contributed by atoms with Crippen LogP contribution in [0.3, 0.4) is 0 Å². The van der Waals surface area contributed by atoms with Gasteiger partial charge in [0.25, 0.3) is 0 Å². The zero-order valence-electron chi connectivity index (χ0n) is 11.8. The van der Waals surface area contributed by atoms with Crippen LogP contribution in [0.2, 0.25) is 0 Å². The van der Waals surface area contributed by atoms with Crippen molar-refractivity contribution in [2.75, 3.05) is 7.11 Å². The minimum atomic E-state index is -0.854. The number of rotatable bonds is 5. The maximum absolute atomic E-state index is 12.5. The first-order valence-corrected chi connectivity index (χ1v) is 6.97. The predicted octanol–water partition coefficient (Wildman–Crippen LogP) is 3.01. The molecular weight excluding hydrogens is 256 g/mol. The first-order valence-electron chi connectivity index (χ1n) is 6.97. The van der Waals surface area contributed by atoms with Crippen molar-refractivity contribution in [2.45, 2.75) is 26.2 Å². The van der Waals surface area contributed by atoms with Gasteiger partial charge in [-0.1, -0.05) is 13.3 Å². The molecule has 1 aliphatic carbocycles. The fourth-order valence-corrected chi connectivity index (χ4v) is 3.01. The topological polar surface area (TPSA) is 63.6 Å². The highest BCUT2D eigenvalue weighted by Gasteiger charge is 2.42. The number of methoxy groups -OCH3 is 1. The molecule has 0 heterocycles. The Kier molecular flexibility index (Phi) is 4.42. The highest BCUT2D eigenvalue weighted by Crippen LogP contribution is 2.40. The summed E-state index contributed by atoms with van der Waals surface area (Å²) in [6.45, 7) is 2.05. The van der Waals surface area contributed by atoms with Crippen molar-refractivity contribution < 1.29 is 19.4 Å². The molecule has 1 aliphatic rings. The van der Waals surface area contributed by atoms with Crippen molar-refractivity contribution in [3.63, 3.8) is 0 Å². The van der Waals surface area contributed by atoms with Crippen LogP contribution in [0, 0.1) is 17.8 Å². The van der Waals surface area contributed by atoms with Gasteiger partial charge in [0.15, 0.2) is 5.78 Å². The Morgan fingerprint density at radius 1 is 1.20 bits per heavy atom. The van der Waals surface area contributed by atoms with Crippen LogP contribution in [0.4, 0.5) is 0 Å². The van der Waals surface area contributed by atoms with E-state index in [1.54, 1.807) is 31.4 Å². The number of hydrogen-bond acceptors (Lipinski definition) is 3. The number of aliphatic carboxylic acids is 1. The second kappa shape index (κ2) is 6.07. The number of benzene rings is 1. The van der Waals surface area contributed by atoms with Gasteiger partial charge in [0.2, 0.25) is 0 Å². The van der Waals surface area contributed by atoms with Crippen molar-refractivity contribution in [3.8, 4) is 5.75 Å². The van der Waals surface area contributed by atoms with E-state index < -0.39 is 17.8 Å². The molecule has 0 amide bonds. The maximum atomic E-state index is 12.5. The zero-order valence-corrected chi connectivity index (χ0v) is 11.8. The molecule has 0 aromatic heterocycles. The lowest BCUT2D eigenvalue weighted by atomic mass is 9.88. The molecule has 0 radical (unpaired) electrons. The lowest BCUT2D eigenvalue weighted by Gasteiger charge is -2.14. The molecule has 1 N–H and O–H groups in total. The molecule has 2 rings (SSSR count). The quantitative estimate of drug-likeness (QED) is 0.840. The number of carbonyl (C=O) groups is 2. The monoisotopic (exact) mass is 276 g/mol. The van der Waals surface area contributed by atoms with Gasteiger partial charge in [0.05, 0.1) is 13.0 Å². The number of Topliss-reactive ketones (excluding diaryl/α,β-unsaturated/α-hetero) is 1. The first-order chi connectivity index (χ1) is 9.56. The van der Waals surface area contributed by atoms with E-state index in [1.165, 1.54) is 0 Å². The second-order valence-corrected chi connectivity index (χ2v) is 5.39. The number of hydrogen-bond donors (Lipinski definition) is 1. The number of ether oxygens (including phenoxy) is 1. The Labute approximate surface area is 118 Å². The Balaban J connectivity index is 2.19. The summed E-state index contributed by atoms with van der Waals surface area (Å²) in [6.07, 6.45) is 2.22. The second-order valence-electron chi connectivity index (χ2n) is 5.39. The molecule has 3 unspecified atom stereocenters. The lowest BCUT2D eigenvalue weighted by molar-refractivity contribution is -0.142. The highest BCUT2D eigenvalue weighted by atomic mass is 16.5. The third-order valence-corrected chi connectivity index (χ3v) is 4.27. The summed E-state index contributed by atoms with van der Waals surface area (Å²) in [4.78, 5) is 23.9. The van der Waals surface area contributed by atoms with Crippen LogP contribution in [-0.4, -0.2) is 24.0 Å². The third kappa shape index (κ3) is 2.84. The smallest absolute Gasteiger partial charge is 0.307 e. The maximum Gasteiger partial charge on any atom is 0.307 e. The van der Waals surface area contributed by atoms with E-state index in [2.05, 4.69) is 0 Å². The number of carboxylic acids is 1. The van der Waals surface area contributed by atoms with Gasteiger partial charge in [-0.3, -0.25) is 9.59 Å². The zero-order chi connectivity index (χ0) is 14.7. The molecule has 0 aliphatic heterocycles. The molecule has 1 saturated carbocycles. The van der Waals surface area contributed by atoms with Crippen LogP contribution in [0.5, 0.6) is 5.75 Å². The van der Waals surface area contributed by atoms with Crippen molar-refractivity contribution in [1.82, 2.24) is 0 Å². The van der Waals surface area contributed by atoms with E-state index in [0.717, 1.165) is 6.42 Å². The standard InChI is InChI=1S/C16H20O4/c1-3-10-8-13(14(9-10)16(18)19)15(17)11-4-6-12(20-2)7-5-11/h4-7,10,13-14H,3,8-9H2,1-2H3,(H,18,19). The summed E-state index contributed by atoms with van der Waals surface area (Å²) in [5.74, 6) is -0.832. The average Bonchev–Trinajstić information content (AvgIpc) is 2.91. The minimum Gasteiger partial charge on any atom is -0.497 e. The molecule has 1 fully saturated rings. The van der Waals surface area contributed by atoms with Gasteiger partial charge in [0.1, 0.15) is 5.75 Å². The molecule has 1 aromatic rings. The first kappa shape index (κ1) is 14.6. The summed E-state index contributed by atoms with van der Waals surface area (Å²) in [5.41, 5.74) is 0.568. The van der Waals surface area contributed by atoms with Gasteiger partial charge >= 0.3 is 5.97 Å². The SMILES string of the molecule is CCC1CC(C(=O)O)C(C(=O)c2ccc(OC)cc2)C1. The normalized spacial score (nSPS) is 25.4. The fourth-order valence-electron chi connectivity index (χ4n) is 3.01. The molecule has 0 bridgehead atoms. The summed E-state index contributed by atoms with van der Waals surface area (Å²) in [6, 6.07) is 6.88. The molecule has 4 nitrogen and oxygen atoms in total. The largest absolute Gasteiger partial charge is 0.497 e. The van der Waals surface area contributed by atoms with Gasteiger partial charge in [-0.05, 0) is 43.0 Å². The molecule has 0 saturated heterocycles. The van der Waals surface area contributed by atoms with E-state index in [1.807, 2.05) is 6.92 Å². The Morgan fingerprint density at radius 3 is 2.30 bits per heavy atom. The number of ketones is 1. The summed E-state index contributed by atoms with van der Waals surface area (Å²) in [7, 11) is 1.57. The van der Waals surface area contributed by atoms with Crippen LogP contribution in [0.15, 0.2) is 24.3 Å². The van der Waals surface area contributed by atoms with Gasteiger partial charge in [-0.15, -0.1) is 0 Å². The van der Waals surface area contributed by atoms with E-state index in [4.69, 9.17) is 4.74 Å². The van der Waals surface area contributed by atoms with Crippen LogP contribution in [0.1, 0.15) is 36.5 Å².